The predicted molar refractivity (Wildman–Crippen MR) is 120 cm³/mol. The van der Waals surface area contributed by atoms with E-state index >= 15 is 0 Å². The van der Waals surface area contributed by atoms with Crippen LogP contribution in [0.2, 0.25) is 0 Å². The van der Waals surface area contributed by atoms with E-state index in [0.717, 1.165) is 11.8 Å². The van der Waals surface area contributed by atoms with Gasteiger partial charge in [0, 0.05) is 20.8 Å². The van der Waals surface area contributed by atoms with Crippen molar-refractivity contribution in [3.63, 3.8) is 0 Å². The Morgan fingerprint density at radius 2 is 1.17 bits per heavy atom. The number of hydrogen-bond donors (Lipinski definition) is 0. The van der Waals surface area contributed by atoms with Gasteiger partial charge < -0.3 is 18.9 Å². The molecule has 1 fully saturated rings. The van der Waals surface area contributed by atoms with E-state index in [2.05, 4.69) is 0 Å². The highest BCUT2D eigenvalue weighted by Crippen LogP contribution is 2.33. The van der Waals surface area contributed by atoms with E-state index in [9.17, 15) is 24.0 Å². The summed E-state index contributed by atoms with van der Waals surface area (Å²) in [4.78, 5) is 62.9. The lowest BCUT2D eigenvalue weighted by Gasteiger charge is -2.28. The molecule has 0 N–H and O–H groups in total. The molecule has 1 saturated heterocycles. The number of likely N-dealkylation sites (tertiary alicyclic amines) is 1. The van der Waals surface area contributed by atoms with E-state index in [4.69, 9.17) is 18.9 Å². The maximum atomic E-state index is 12.9. The Labute approximate surface area is 201 Å². The van der Waals surface area contributed by atoms with Gasteiger partial charge in [0.05, 0.1) is 11.1 Å². The first-order chi connectivity index (χ1) is 16.7. The molecule has 0 bridgehead atoms. The largest absolute Gasteiger partial charge is 0.464 e. The summed E-state index contributed by atoms with van der Waals surface area (Å²) in [5.74, 6) is -3.53. The van der Waals surface area contributed by atoms with Crippen molar-refractivity contribution in [2.45, 2.75) is 45.2 Å². The first-order valence-electron chi connectivity index (χ1n) is 10.8. The fourth-order valence-corrected chi connectivity index (χ4v) is 3.77. The molecular weight excluding hydrogens is 458 g/mol. The van der Waals surface area contributed by atoms with Gasteiger partial charge in [0.25, 0.3) is 0 Å². The van der Waals surface area contributed by atoms with Gasteiger partial charge in [0.2, 0.25) is 12.1 Å². The van der Waals surface area contributed by atoms with Gasteiger partial charge in [-0.1, -0.05) is 36.4 Å². The van der Waals surface area contributed by atoms with E-state index in [0.29, 0.717) is 0 Å². The number of esters is 4. The molecule has 0 spiro atoms. The molecule has 2 aromatic carbocycles. The fraction of sp³-hybridized carbons (Fsp3) is 0.320. The second kappa shape index (κ2) is 11.3. The minimum Gasteiger partial charge on any atom is -0.464 e. The molecule has 1 aliphatic heterocycles. The van der Waals surface area contributed by atoms with E-state index in [1.54, 1.807) is 36.4 Å². The number of carbonyl (C=O) groups is 5. The number of nitrogens with zero attached hydrogens (tertiary/aromatic N) is 1. The Morgan fingerprint density at radius 3 is 1.60 bits per heavy atom. The zero-order valence-corrected chi connectivity index (χ0v) is 19.4. The lowest BCUT2D eigenvalue weighted by molar-refractivity contribution is -0.170. The Balaban J connectivity index is 2.02. The van der Waals surface area contributed by atoms with Crippen LogP contribution >= 0.6 is 0 Å². The van der Waals surface area contributed by atoms with Crippen LogP contribution in [0.4, 0.5) is 0 Å². The Kier molecular flexibility index (Phi) is 8.19. The van der Waals surface area contributed by atoms with Gasteiger partial charge in [-0.2, -0.15) is 0 Å². The van der Waals surface area contributed by atoms with Crippen molar-refractivity contribution >= 4 is 29.8 Å². The van der Waals surface area contributed by atoms with Crippen molar-refractivity contribution in [3.8, 4) is 0 Å². The Bertz CT molecular complexity index is 1090. The summed E-state index contributed by atoms with van der Waals surface area (Å²) < 4.78 is 21.8. The van der Waals surface area contributed by atoms with Crippen molar-refractivity contribution in [2.75, 3.05) is 6.61 Å². The van der Waals surface area contributed by atoms with Crippen LogP contribution in [-0.4, -0.2) is 65.8 Å². The molecule has 1 amide bonds. The highest BCUT2D eigenvalue weighted by atomic mass is 16.6. The molecule has 1 heterocycles. The molecule has 2 aromatic rings. The first-order valence-corrected chi connectivity index (χ1v) is 10.8. The van der Waals surface area contributed by atoms with Gasteiger partial charge in [-0.15, -0.1) is 0 Å². The van der Waals surface area contributed by atoms with Crippen LogP contribution in [0.25, 0.3) is 0 Å². The summed E-state index contributed by atoms with van der Waals surface area (Å²) in [6.45, 7) is 3.11. The number of benzene rings is 2. The van der Waals surface area contributed by atoms with Gasteiger partial charge in [-0.05, 0) is 24.3 Å². The average molecular weight is 483 g/mol. The lowest BCUT2D eigenvalue weighted by Crippen LogP contribution is -2.47. The molecule has 10 heteroatoms. The van der Waals surface area contributed by atoms with Gasteiger partial charge in [0.15, 0.2) is 12.2 Å². The molecule has 0 radical (unpaired) electrons. The number of hydrogen-bond acceptors (Lipinski definition) is 9. The van der Waals surface area contributed by atoms with E-state index in [1.807, 2.05) is 0 Å². The Hall–Kier alpha value is -4.21. The van der Waals surface area contributed by atoms with Crippen molar-refractivity contribution < 1.29 is 42.9 Å². The quantitative estimate of drug-likeness (QED) is 0.430. The van der Waals surface area contributed by atoms with Crippen molar-refractivity contribution in [2.24, 2.45) is 0 Å². The topological polar surface area (TPSA) is 126 Å². The minimum absolute atomic E-state index is 0.194. The second-order valence-corrected chi connectivity index (χ2v) is 7.77. The summed E-state index contributed by atoms with van der Waals surface area (Å²) in [5.41, 5.74) is 0.400. The molecule has 35 heavy (non-hydrogen) atoms. The van der Waals surface area contributed by atoms with Crippen molar-refractivity contribution in [1.82, 2.24) is 4.90 Å². The minimum atomic E-state index is -1.42. The van der Waals surface area contributed by atoms with Crippen LogP contribution in [0.5, 0.6) is 0 Å². The van der Waals surface area contributed by atoms with Crippen LogP contribution < -0.4 is 0 Å². The van der Waals surface area contributed by atoms with E-state index < -0.39 is 60.9 Å². The maximum absolute atomic E-state index is 12.9. The Morgan fingerprint density at radius 1 is 0.686 bits per heavy atom. The molecule has 0 aromatic heterocycles. The van der Waals surface area contributed by atoms with Crippen LogP contribution in [0.15, 0.2) is 60.7 Å². The number of carbonyl (C=O) groups excluding carboxylic acids is 5. The summed E-state index contributed by atoms with van der Waals surface area (Å²) in [6.07, 6.45) is -4.14. The third-order valence-electron chi connectivity index (χ3n) is 5.23. The van der Waals surface area contributed by atoms with Crippen molar-refractivity contribution in [1.29, 1.82) is 0 Å². The highest BCUT2D eigenvalue weighted by Gasteiger charge is 2.57. The molecule has 3 rings (SSSR count). The van der Waals surface area contributed by atoms with Crippen LogP contribution in [0, 0.1) is 0 Å². The third-order valence-corrected chi connectivity index (χ3v) is 5.23. The number of ether oxygens (including phenoxy) is 4. The standard InChI is InChI=1S/C25H25NO9/c1-15(27)26-20(14-32-16(2)28)21(34-24(30)18-10-6-4-7-11-18)22(23(26)33-17(3)29)35-25(31)19-12-8-5-9-13-19/h4-13,20-23H,14H2,1-3H3. The molecule has 0 saturated carbocycles. The molecule has 184 valence electrons. The third kappa shape index (κ3) is 6.23. The molecule has 10 nitrogen and oxygen atoms in total. The van der Waals surface area contributed by atoms with Crippen LogP contribution in [-0.2, 0) is 33.3 Å². The highest BCUT2D eigenvalue weighted by molar-refractivity contribution is 5.90. The predicted octanol–water partition coefficient (Wildman–Crippen LogP) is 2.12. The molecule has 0 aliphatic carbocycles. The van der Waals surface area contributed by atoms with Gasteiger partial charge in [0.1, 0.15) is 12.6 Å². The summed E-state index contributed by atoms with van der Waals surface area (Å²) in [6, 6.07) is 15.0. The molecule has 4 atom stereocenters. The van der Waals surface area contributed by atoms with Gasteiger partial charge >= 0.3 is 23.9 Å². The normalized spacial score (nSPS) is 21.1. The van der Waals surface area contributed by atoms with E-state index in [-0.39, 0.29) is 11.1 Å². The average Bonchev–Trinajstić information content (AvgIpc) is 3.10. The summed E-state index contributed by atoms with van der Waals surface area (Å²) in [5, 5.41) is 0. The second-order valence-electron chi connectivity index (χ2n) is 7.77. The van der Waals surface area contributed by atoms with Gasteiger partial charge in [-0.25, -0.2) is 9.59 Å². The molecular formula is C25H25NO9. The number of amides is 1. The first kappa shape index (κ1) is 25.4. The maximum Gasteiger partial charge on any atom is 0.338 e. The lowest BCUT2D eigenvalue weighted by atomic mass is 10.1. The zero-order chi connectivity index (χ0) is 25.5. The van der Waals surface area contributed by atoms with Gasteiger partial charge in [-0.3, -0.25) is 19.3 Å². The SMILES string of the molecule is CC(=O)OCC1C(OC(=O)c2ccccc2)C(OC(=O)c2ccccc2)C(OC(C)=O)N1C(C)=O. The van der Waals surface area contributed by atoms with Crippen LogP contribution in [0.3, 0.4) is 0 Å². The van der Waals surface area contributed by atoms with E-state index in [1.165, 1.54) is 38.1 Å². The summed E-state index contributed by atoms with van der Waals surface area (Å²) in [7, 11) is 0. The number of rotatable bonds is 7. The fourth-order valence-electron chi connectivity index (χ4n) is 3.77. The van der Waals surface area contributed by atoms with Crippen molar-refractivity contribution in [3.05, 3.63) is 71.8 Å². The summed E-state index contributed by atoms with van der Waals surface area (Å²) >= 11 is 0. The van der Waals surface area contributed by atoms with Crippen LogP contribution in [0.1, 0.15) is 41.5 Å². The zero-order valence-electron chi connectivity index (χ0n) is 19.4. The monoisotopic (exact) mass is 483 g/mol. The smallest absolute Gasteiger partial charge is 0.338 e. The molecule has 4 unspecified atom stereocenters. The molecule has 1 aliphatic rings.